The fraction of sp³-hybridized carbons (Fsp3) is 0.333. The van der Waals surface area contributed by atoms with Gasteiger partial charge in [0.1, 0.15) is 5.82 Å². The van der Waals surface area contributed by atoms with E-state index in [4.69, 9.17) is 0 Å². The number of halogens is 1. The molecule has 4 rings (SSSR count). The molecule has 3 aliphatic rings. The first-order chi connectivity index (χ1) is 9.16. The number of carbonyl (C=O) groups excluding carboxylic acids is 2. The zero-order chi connectivity index (χ0) is 13.1. The third kappa shape index (κ3) is 1.31. The standard InChI is InChI=1S/C15H12FNO2/c16-10-3-5-11(6-4-10)17-14(18)12-8-1-2-9(7-8)13(12)15(17)19/h1-6,8-9,12-13H,7H2/t8-,9+,12-,13?/m0/s1. The minimum atomic E-state index is -0.371. The molecule has 96 valence electrons. The number of amides is 2. The van der Waals surface area contributed by atoms with Gasteiger partial charge in [0, 0.05) is 0 Å². The first kappa shape index (κ1) is 10.9. The molecule has 1 saturated heterocycles. The van der Waals surface area contributed by atoms with Gasteiger partial charge >= 0.3 is 0 Å². The van der Waals surface area contributed by atoms with Crippen LogP contribution in [0.4, 0.5) is 10.1 Å². The predicted octanol–water partition coefficient (Wildman–Crippen LogP) is 2.14. The molecule has 2 amide bonds. The van der Waals surface area contributed by atoms with Crippen molar-refractivity contribution in [2.24, 2.45) is 23.7 Å². The molecule has 1 aliphatic heterocycles. The van der Waals surface area contributed by atoms with Gasteiger partial charge in [0.15, 0.2) is 0 Å². The van der Waals surface area contributed by atoms with Gasteiger partial charge in [-0.3, -0.25) is 14.5 Å². The van der Waals surface area contributed by atoms with Gasteiger partial charge in [-0.1, -0.05) is 12.2 Å². The van der Waals surface area contributed by atoms with Crippen molar-refractivity contribution in [2.75, 3.05) is 4.90 Å². The van der Waals surface area contributed by atoms with Crippen LogP contribution in [0.5, 0.6) is 0 Å². The topological polar surface area (TPSA) is 37.4 Å². The summed E-state index contributed by atoms with van der Waals surface area (Å²) >= 11 is 0. The molecule has 0 radical (unpaired) electrons. The highest BCUT2D eigenvalue weighted by Gasteiger charge is 2.59. The molecule has 0 aromatic heterocycles. The Morgan fingerprint density at radius 1 is 0.947 bits per heavy atom. The molecule has 0 N–H and O–H groups in total. The fourth-order valence-corrected chi connectivity index (χ4v) is 3.75. The second-order valence-corrected chi connectivity index (χ2v) is 5.49. The van der Waals surface area contributed by atoms with Gasteiger partial charge in [0.05, 0.1) is 17.5 Å². The summed E-state index contributed by atoms with van der Waals surface area (Å²) in [4.78, 5) is 26.1. The van der Waals surface area contributed by atoms with Gasteiger partial charge in [-0.2, -0.15) is 0 Å². The summed E-state index contributed by atoms with van der Waals surface area (Å²) in [7, 11) is 0. The van der Waals surface area contributed by atoms with E-state index in [-0.39, 0.29) is 41.3 Å². The number of anilines is 1. The van der Waals surface area contributed by atoms with Crippen molar-refractivity contribution >= 4 is 17.5 Å². The van der Waals surface area contributed by atoms with E-state index in [2.05, 4.69) is 12.2 Å². The molecule has 1 aromatic carbocycles. The number of hydrogen-bond donors (Lipinski definition) is 0. The van der Waals surface area contributed by atoms with Gasteiger partial charge in [-0.15, -0.1) is 0 Å². The summed E-state index contributed by atoms with van der Waals surface area (Å²) < 4.78 is 12.9. The van der Waals surface area contributed by atoms with Crippen molar-refractivity contribution in [3.05, 3.63) is 42.2 Å². The zero-order valence-corrected chi connectivity index (χ0v) is 10.1. The highest BCUT2D eigenvalue weighted by Crippen LogP contribution is 2.53. The van der Waals surface area contributed by atoms with Crippen molar-refractivity contribution in [1.82, 2.24) is 0 Å². The van der Waals surface area contributed by atoms with E-state index in [1.54, 1.807) is 0 Å². The number of fused-ring (bicyclic) bond motifs is 5. The molecule has 1 aromatic rings. The normalized spacial score (nSPS) is 35.3. The third-order valence-corrected chi connectivity index (χ3v) is 4.56. The molecule has 19 heavy (non-hydrogen) atoms. The maximum absolute atomic E-state index is 12.9. The average Bonchev–Trinajstić information content (AvgIpc) is 3.06. The highest BCUT2D eigenvalue weighted by molar-refractivity contribution is 6.22. The summed E-state index contributed by atoms with van der Waals surface area (Å²) in [5, 5.41) is 0. The van der Waals surface area contributed by atoms with E-state index in [1.807, 2.05) is 0 Å². The largest absolute Gasteiger partial charge is 0.274 e. The first-order valence-corrected chi connectivity index (χ1v) is 6.48. The van der Waals surface area contributed by atoms with E-state index in [0.717, 1.165) is 6.42 Å². The Balaban J connectivity index is 1.74. The van der Waals surface area contributed by atoms with E-state index < -0.39 is 0 Å². The van der Waals surface area contributed by atoms with Crippen LogP contribution in [0.2, 0.25) is 0 Å². The number of rotatable bonds is 1. The number of allylic oxidation sites excluding steroid dienone is 2. The van der Waals surface area contributed by atoms with Crippen LogP contribution in [-0.4, -0.2) is 11.8 Å². The first-order valence-electron chi connectivity index (χ1n) is 6.48. The maximum atomic E-state index is 12.9. The van der Waals surface area contributed by atoms with Crippen LogP contribution in [0.25, 0.3) is 0 Å². The third-order valence-electron chi connectivity index (χ3n) is 4.56. The molecule has 4 heteroatoms. The van der Waals surface area contributed by atoms with Gasteiger partial charge in [0.25, 0.3) is 0 Å². The lowest BCUT2D eigenvalue weighted by molar-refractivity contribution is -0.123. The van der Waals surface area contributed by atoms with Crippen LogP contribution in [0, 0.1) is 29.5 Å². The number of benzene rings is 1. The zero-order valence-electron chi connectivity index (χ0n) is 10.1. The Kier molecular flexibility index (Phi) is 2.03. The van der Waals surface area contributed by atoms with Crippen molar-refractivity contribution in [2.45, 2.75) is 6.42 Å². The van der Waals surface area contributed by atoms with E-state index in [0.29, 0.717) is 5.69 Å². The van der Waals surface area contributed by atoms with Crippen LogP contribution in [0.1, 0.15) is 6.42 Å². The van der Waals surface area contributed by atoms with E-state index in [9.17, 15) is 14.0 Å². The average molecular weight is 257 g/mol. The summed E-state index contributed by atoms with van der Waals surface area (Å²) in [6, 6.07) is 5.52. The summed E-state index contributed by atoms with van der Waals surface area (Å²) in [5.41, 5.74) is 0.477. The minimum Gasteiger partial charge on any atom is -0.274 e. The van der Waals surface area contributed by atoms with Gasteiger partial charge in [-0.25, -0.2) is 4.39 Å². The second kappa shape index (κ2) is 3.53. The molecule has 1 heterocycles. The molecule has 0 spiro atoms. The second-order valence-electron chi connectivity index (χ2n) is 5.49. The Morgan fingerprint density at radius 2 is 1.47 bits per heavy atom. The Hall–Kier alpha value is -1.97. The van der Waals surface area contributed by atoms with Crippen LogP contribution >= 0.6 is 0 Å². The Labute approximate surface area is 109 Å². The lowest BCUT2D eigenvalue weighted by atomic mass is 9.85. The Morgan fingerprint density at radius 3 is 2.00 bits per heavy atom. The number of imide groups is 1. The molecule has 2 aliphatic carbocycles. The van der Waals surface area contributed by atoms with Crippen LogP contribution in [0.15, 0.2) is 36.4 Å². The molecule has 4 atom stereocenters. The molecule has 1 saturated carbocycles. The molecule has 2 fully saturated rings. The smallest absolute Gasteiger partial charge is 0.238 e. The van der Waals surface area contributed by atoms with E-state index >= 15 is 0 Å². The highest BCUT2D eigenvalue weighted by atomic mass is 19.1. The Bertz CT molecular complexity index is 577. The van der Waals surface area contributed by atoms with E-state index in [1.165, 1.54) is 29.2 Å². The molecule has 2 bridgehead atoms. The number of hydrogen-bond acceptors (Lipinski definition) is 2. The lowest BCUT2D eigenvalue weighted by Gasteiger charge is -2.17. The van der Waals surface area contributed by atoms with Crippen molar-refractivity contribution in [3.8, 4) is 0 Å². The molecular weight excluding hydrogens is 245 g/mol. The number of carbonyl (C=O) groups is 2. The monoisotopic (exact) mass is 257 g/mol. The summed E-state index contributed by atoms with van der Waals surface area (Å²) in [6.45, 7) is 0. The van der Waals surface area contributed by atoms with Crippen LogP contribution in [0.3, 0.4) is 0 Å². The predicted molar refractivity (Wildman–Crippen MR) is 66.6 cm³/mol. The maximum Gasteiger partial charge on any atom is 0.238 e. The lowest BCUT2D eigenvalue weighted by Crippen LogP contribution is -2.32. The molecular formula is C15H12FNO2. The van der Waals surface area contributed by atoms with Crippen LogP contribution < -0.4 is 4.90 Å². The van der Waals surface area contributed by atoms with Gasteiger partial charge < -0.3 is 0 Å². The number of nitrogens with zero attached hydrogens (tertiary/aromatic N) is 1. The molecule has 3 nitrogen and oxygen atoms in total. The van der Waals surface area contributed by atoms with Crippen molar-refractivity contribution in [1.29, 1.82) is 0 Å². The van der Waals surface area contributed by atoms with Crippen LogP contribution in [-0.2, 0) is 9.59 Å². The fourth-order valence-electron chi connectivity index (χ4n) is 3.75. The summed E-state index contributed by atoms with van der Waals surface area (Å²) in [6.07, 6.45) is 5.04. The van der Waals surface area contributed by atoms with Crippen molar-refractivity contribution in [3.63, 3.8) is 0 Å². The minimum absolute atomic E-state index is 0.126. The summed E-state index contributed by atoms with van der Waals surface area (Å²) in [5.74, 6) is -0.615. The van der Waals surface area contributed by atoms with Gasteiger partial charge in [0.2, 0.25) is 11.8 Å². The quantitative estimate of drug-likeness (QED) is 0.571. The SMILES string of the molecule is O=C1C2[C@@H]3C=C[C@@H](C3)[C@@H]2C(=O)N1c1ccc(F)cc1. The van der Waals surface area contributed by atoms with Gasteiger partial charge in [-0.05, 0) is 42.5 Å². The van der Waals surface area contributed by atoms with Crippen molar-refractivity contribution < 1.29 is 14.0 Å². The molecule has 1 unspecified atom stereocenters.